The van der Waals surface area contributed by atoms with E-state index in [9.17, 15) is 9.59 Å². The average molecular weight is 427 g/mol. The molecule has 4 rings (SSSR count). The third kappa shape index (κ3) is 3.70. The number of nitrogens with zero attached hydrogens (tertiary/aromatic N) is 2. The molecule has 2 heterocycles. The molecular weight excluding hydrogens is 408 g/mol. The Morgan fingerprint density at radius 2 is 1.86 bits per heavy atom. The van der Waals surface area contributed by atoms with Gasteiger partial charge in [0.05, 0.1) is 10.9 Å². The minimum Gasteiger partial charge on any atom is -0.423 e. The summed E-state index contributed by atoms with van der Waals surface area (Å²) in [6, 6.07) is 12.5. The lowest BCUT2D eigenvalue weighted by atomic mass is 10.1. The van der Waals surface area contributed by atoms with Crippen molar-refractivity contribution in [1.82, 2.24) is 9.55 Å². The van der Waals surface area contributed by atoms with Gasteiger partial charge in [0.1, 0.15) is 5.58 Å². The summed E-state index contributed by atoms with van der Waals surface area (Å²) in [6.07, 6.45) is 0.751. The zero-order valence-electron chi connectivity index (χ0n) is 16.1. The number of benzene rings is 2. The summed E-state index contributed by atoms with van der Waals surface area (Å²) in [5.74, 6) is 0.467. The monoisotopic (exact) mass is 426 g/mol. The van der Waals surface area contributed by atoms with E-state index >= 15 is 0 Å². The molecule has 0 spiro atoms. The first-order valence-electron chi connectivity index (χ1n) is 9.39. The van der Waals surface area contributed by atoms with Crippen LogP contribution >= 0.6 is 23.4 Å². The third-order valence-electron chi connectivity index (χ3n) is 4.88. The maximum atomic E-state index is 12.8. The second-order valence-electron chi connectivity index (χ2n) is 6.63. The fraction of sp³-hybridized carbons (Fsp3) is 0.227. The van der Waals surface area contributed by atoms with Crippen molar-refractivity contribution in [3.05, 3.63) is 79.4 Å². The van der Waals surface area contributed by atoms with Crippen LogP contribution < -0.4 is 11.2 Å². The van der Waals surface area contributed by atoms with Crippen molar-refractivity contribution in [2.45, 2.75) is 37.7 Å². The zero-order valence-corrected chi connectivity index (χ0v) is 17.6. The predicted octanol–water partition coefficient (Wildman–Crippen LogP) is 5.03. The summed E-state index contributed by atoms with van der Waals surface area (Å²) in [5.41, 5.74) is 2.45. The van der Waals surface area contributed by atoms with E-state index in [2.05, 4.69) is 4.98 Å². The molecule has 2 aromatic carbocycles. The second kappa shape index (κ2) is 8.05. The summed E-state index contributed by atoms with van der Waals surface area (Å²) in [4.78, 5) is 29.5. The van der Waals surface area contributed by atoms with Gasteiger partial charge in [0.15, 0.2) is 5.16 Å². The van der Waals surface area contributed by atoms with Gasteiger partial charge in [0.25, 0.3) is 5.56 Å². The van der Waals surface area contributed by atoms with E-state index < -0.39 is 5.63 Å². The standard InChI is InChI=1S/C22H19ClN2O3S/c1-3-13-9-19-16(11-17(13)23)14(10-20(26)28-19)12-29-22-24-18-8-6-5-7-15(18)21(27)25(22)4-2/h5-11H,3-4,12H2,1-2H3. The van der Waals surface area contributed by atoms with Gasteiger partial charge in [-0.25, -0.2) is 9.78 Å². The molecule has 0 saturated heterocycles. The largest absolute Gasteiger partial charge is 0.423 e. The quantitative estimate of drug-likeness (QED) is 0.254. The lowest BCUT2D eigenvalue weighted by molar-refractivity contribution is 0.559. The molecule has 148 valence electrons. The SMILES string of the molecule is CCc1cc2oc(=O)cc(CSc3nc4ccccc4c(=O)n3CC)c2cc1Cl. The van der Waals surface area contributed by atoms with Crippen molar-refractivity contribution in [2.24, 2.45) is 0 Å². The topological polar surface area (TPSA) is 65.1 Å². The lowest BCUT2D eigenvalue weighted by Crippen LogP contribution is -2.22. The van der Waals surface area contributed by atoms with Gasteiger partial charge in [-0.3, -0.25) is 9.36 Å². The molecule has 0 aliphatic heterocycles. The maximum absolute atomic E-state index is 12.8. The smallest absolute Gasteiger partial charge is 0.336 e. The number of fused-ring (bicyclic) bond motifs is 2. The van der Waals surface area contributed by atoms with E-state index in [4.69, 9.17) is 16.0 Å². The Bertz CT molecular complexity index is 1340. The van der Waals surface area contributed by atoms with Crippen molar-refractivity contribution in [3.63, 3.8) is 0 Å². The number of hydrogen-bond acceptors (Lipinski definition) is 5. The molecule has 0 unspecified atom stereocenters. The van der Waals surface area contributed by atoms with Gasteiger partial charge in [-0.1, -0.05) is 42.4 Å². The highest BCUT2D eigenvalue weighted by Crippen LogP contribution is 2.30. The first kappa shape index (κ1) is 19.7. The number of aryl methyl sites for hydroxylation is 1. The highest BCUT2D eigenvalue weighted by atomic mass is 35.5. The van der Waals surface area contributed by atoms with Gasteiger partial charge < -0.3 is 4.42 Å². The molecule has 5 nitrogen and oxygen atoms in total. The summed E-state index contributed by atoms with van der Waals surface area (Å²) in [7, 11) is 0. The van der Waals surface area contributed by atoms with E-state index in [1.807, 2.05) is 44.2 Å². The normalized spacial score (nSPS) is 11.4. The summed E-state index contributed by atoms with van der Waals surface area (Å²) < 4.78 is 7.03. The maximum Gasteiger partial charge on any atom is 0.336 e. The number of rotatable bonds is 5. The van der Waals surface area contributed by atoms with Crippen LogP contribution in [0.2, 0.25) is 5.02 Å². The third-order valence-corrected chi connectivity index (χ3v) is 6.25. The van der Waals surface area contributed by atoms with E-state index in [-0.39, 0.29) is 5.56 Å². The van der Waals surface area contributed by atoms with Crippen LogP contribution in [0, 0.1) is 0 Å². The van der Waals surface area contributed by atoms with E-state index in [1.54, 1.807) is 10.6 Å². The summed E-state index contributed by atoms with van der Waals surface area (Å²) in [5, 5.41) is 2.66. The van der Waals surface area contributed by atoms with Gasteiger partial charge in [0, 0.05) is 28.8 Å². The molecule has 0 amide bonds. The molecule has 0 saturated carbocycles. The average Bonchev–Trinajstić information content (AvgIpc) is 2.72. The van der Waals surface area contributed by atoms with E-state index in [0.717, 1.165) is 22.9 Å². The van der Waals surface area contributed by atoms with E-state index in [0.29, 0.717) is 39.0 Å². The van der Waals surface area contributed by atoms with Gasteiger partial charge >= 0.3 is 5.63 Å². The van der Waals surface area contributed by atoms with Crippen LogP contribution in [0.1, 0.15) is 25.0 Å². The van der Waals surface area contributed by atoms with Crippen LogP contribution in [0.15, 0.2) is 61.6 Å². The van der Waals surface area contributed by atoms with Crippen molar-refractivity contribution in [3.8, 4) is 0 Å². The summed E-state index contributed by atoms with van der Waals surface area (Å²) >= 11 is 7.80. The molecule has 4 aromatic rings. The Hall–Kier alpha value is -2.57. The highest BCUT2D eigenvalue weighted by Gasteiger charge is 2.13. The Morgan fingerprint density at radius 1 is 1.07 bits per heavy atom. The van der Waals surface area contributed by atoms with Crippen LogP contribution in [0.25, 0.3) is 21.9 Å². The Morgan fingerprint density at radius 3 is 2.62 bits per heavy atom. The highest BCUT2D eigenvalue weighted by molar-refractivity contribution is 7.98. The number of aromatic nitrogens is 2. The van der Waals surface area contributed by atoms with Crippen molar-refractivity contribution < 1.29 is 4.42 Å². The summed E-state index contributed by atoms with van der Waals surface area (Å²) in [6.45, 7) is 4.43. The number of hydrogen-bond donors (Lipinski definition) is 0. The van der Waals surface area contributed by atoms with Crippen LogP contribution in [-0.2, 0) is 18.7 Å². The number of thioether (sulfide) groups is 1. The van der Waals surface area contributed by atoms with E-state index in [1.165, 1.54) is 17.8 Å². The fourth-order valence-corrected chi connectivity index (χ4v) is 4.71. The Kier molecular flexibility index (Phi) is 5.48. The molecule has 29 heavy (non-hydrogen) atoms. The van der Waals surface area contributed by atoms with Gasteiger partial charge in [-0.05, 0) is 48.7 Å². The number of halogens is 1. The first-order chi connectivity index (χ1) is 14.0. The molecule has 0 atom stereocenters. The molecule has 0 radical (unpaired) electrons. The fourth-order valence-electron chi connectivity index (χ4n) is 3.36. The molecule has 0 fully saturated rings. The minimum absolute atomic E-state index is 0.0614. The Balaban J connectivity index is 1.78. The lowest BCUT2D eigenvalue weighted by Gasteiger charge is -2.12. The molecule has 0 N–H and O–H groups in total. The molecular formula is C22H19ClN2O3S. The molecule has 2 aromatic heterocycles. The minimum atomic E-state index is -0.406. The van der Waals surface area contributed by atoms with Crippen LogP contribution in [0.5, 0.6) is 0 Å². The van der Waals surface area contributed by atoms with Crippen LogP contribution in [0.4, 0.5) is 0 Å². The molecule has 7 heteroatoms. The predicted molar refractivity (Wildman–Crippen MR) is 118 cm³/mol. The molecule has 0 aliphatic rings. The molecule has 0 bridgehead atoms. The Labute approximate surface area is 176 Å². The van der Waals surface area contributed by atoms with Crippen LogP contribution in [0.3, 0.4) is 0 Å². The van der Waals surface area contributed by atoms with Gasteiger partial charge in [-0.15, -0.1) is 0 Å². The van der Waals surface area contributed by atoms with Crippen LogP contribution in [-0.4, -0.2) is 9.55 Å². The van der Waals surface area contributed by atoms with Crippen molar-refractivity contribution in [1.29, 1.82) is 0 Å². The first-order valence-corrected chi connectivity index (χ1v) is 10.8. The van der Waals surface area contributed by atoms with Crippen molar-refractivity contribution >= 4 is 45.2 Å². The zero-order chi connectivity index (χ0) is 20.5. The van der Waals surface area contributed by atoms with Gasteiger partial charge in [-0.2, -0.15) is 0 Å². The van der Waals surface area contributed by atoms with Gasteiger partial charge in [0.2, 0.25) is 0 Å². The van der Waals surface area contributed by atoms with Crippen molar-refractivity contribution in [2.75, 3.05) is 0 Å². The second-order valence-corrected chi connectivity index (χ2v) is 7.98. The number of para-hydroxylation sites is 1. The molecule has 0 aliphatic carbocycles.